The predicted molar refractivity (Wildman–Crippen MR) is 88.2 cm³/mol. The smallest absolute Gasteiger partial charge is 0.359 e. The Hall–Kier alpha value is -2.97. The quantitative estimate of drug-likeness (QED) is 0.666. The standard InChI is InChI=1S/C17H16F3N5O/c1-25(16-22-9-6-12(23-16)5-7-17(18,19)20)11-13-10-15(24-26-13)14-4-2-3-8-21-14/h2-4,6,8-10H,5,7,11H2,1H3. The second kappa shape index (κ2) is 7.51. The van der Waals surface area contributed by atoms with Crippen molar-refractivity contribution < 1.29 is 17.7 Å². The van der Waals surface area contributed by atoms with Crippen molar-refractivity contribution in [3.63, 3.8) is 0 Å². The van der Waals surface area contributed by atoms with Gasteiger partial charge >= 0.3 is 6.18 Å². The zero-order valence-corrected chi connectivity index (χ0v) is 13.9. The summed E-state index contributed by atoms with van der Waals surface area (Å²) in [6, 6.07) is 8.71. The molecule has 0 amide bonds. The Morgan fingerprint density at radius 1 is 1.08 bits per heavy atom. The monoisotopic (exact) mass is 363 g/mol. The molecule has 0 spiro atoms. The highest BCUT2D eigenvalue weighted by Crippen LogP contribution is 2.22. The van der Waals surface area contributed by atoms with Crippen LogP contribution in [0.15, 0.2) is 47.2 Å². The first-order chi connectivity index (χ1) is 12.4. The summed E-state index contributed by atoms with van der Waals surface area (Å²) in [5, 5.41) is 3.98. The highest BCUT2D eigenvalue weighted by atomic mass is 19.4. The second-order valence-corrected chi connectivity index (χ2v) is 5.71. The van der Waals surface area contributed by atoms with Crippen LogP contribution in [0.25, 0.3) is 11.4 Å². The van der Waals surface area contributed by atoms with Crippen molar-refractivity contribution >= 4 is 5.95 Å². The Balaban J connectivity index is 1.67. The summed E-state index contributed by atoms with van der Waals surface area (Å²) in [6.45, 7) is 0.322. The minimum Gasteiger partial charge on any atom is -0.359 e. The lowest BCUT2D eigenvalue weighted by atomic mass is 10.2. The van der Waals surface area contributed by atoms with Crippen molar-refractivity contribution in [2.24, 2.45) is 0 Å². The van der Waals surface area contributed by atoms with Crippen LogP contribution in [0.3, 0.4) is 0 Å². The molecule has 0 aromatic carbocycles. The van der Waals surface area contributed by atoms with Gasteiger partial charge in [0.25, 0.3) is 0 Å². The number of halogens is 3. The van der Waals surface area contributed by atoms with Gasteiger partial charge in [0.1, 0.15) is 5.69 Å². The fraction of sp³-hybridized carbons (Fsp3) is 0.294. The molecular formula is C17H16F3N5O. The third-order valence-corrected chi connectivity index (χ3v) is 3.59. The van der Waals surface area contributed by atoms with Gasteiger partial charge in [-0.05, 0) is 24.6 Å². The lowest BCUT2D eigenvalue weighted by Gasteiger charge is -2.15. The van der Waals surface area contributed by atoms with Gasteiger partial charge in [0.2, 0.25) is 5.95 Å². The van der Waals surface area contributed by atoms with Crippen molar-refractivity contribution in [1.82, 2.24) is 20.1 Å². The van der Waals surface area contributed by atoms with Crippen LogP contribution in [0.5, 0.6) is 0 Å². The molecule has 3 heterocycles. The van der Waals surface area contributed by atoms with Gasteiger partial charge in [-0.25, -0.2) is 9.97 Å². The molecule has 3 rings (SSSR count). The van der Waals surface area contributed by atoms with Gasteiger partial charge in [0.15, 0.2) is 5.76 Å². The van der Waals surface area contributed by atoms with E-state index >= 15 is 0 Å². The minimum atomic E-state index is -4.21. The first-order valence-electron chi connectivity index (χ1n) is 7.87. The summed E-state index contributed by atoms with van der Waals surface area (Å²) >= 11 is 0. The first kappa shape index (κ1) is 17.8. The van der Waals surface area contributed by atoms with Gasteiger partial charge in [0.05, 0.1) is 12.2 Å². The molecule has 3 aromatic rings. The van der Waals surface area contributed by atoms with Gasteiger partial charge in [-0.1, -0.05) is 11.2 Å². The second-order valence-electron chi connectivity index (χ2n) is 5.71. The maximum Gasteiger partial charge on any atom is 0.389 e. The molecule has 9 heteroatoms. The number of rotatable bonds is 6. The molecule has 3 aromatic heterocycles. The number of hydrogen-bond donors (Lipinski definition) is 0. The summed E-state index contributed by atoms with van der Waals surface area (Å²) in [5.41, 5.74) is 1.63. The van der Waals surface area contributed by atoms with Crippen molar-refractivity contribution in [2.75, 3.05) is 11.9 Å². The van der Waals surface area contributed by atoms with Crippen molar-refractivity contribution in [1.29, 1.82) is 0 Å². The van der Waals surface area contributed by atoms with Crippen molar-refractivity contribution in [2.45, 2.75) is 25.6 Å². The average molecular weight is 363 g/mol. The van der Waals surface area contributed by atoms with E-state index in [0.717, 1.165) is 0 Å². The van der Waals surface area contributed by atoms with Crippen molar-refractivity contribution in [3.05, 3.63) is 54.2 Å². The van der Waals surface area contributed by atoms with Crippen LogP contribution in [0.1, 0.15) is 17.9 Å². The number of aromatic nitrogens is 4. The Morgan fingerprint density at radius 2 is 1.92 bits per heavy atom. The number of anilines is 1. The van der Waals surface area contributed by atoms with E-state index in [9.17, 15) is 13.2 Å². The Bertz CT molecular complexity index is 851. The van der Waals surface area contributed by atoms with Gasteiger partial charge in [-0.3, -0.25) is 4.98 Å². The summed E-state index contributed by atoms with van der Waals surface area (Å²) in [5.74, 6) is 0.887. The predicted octanol–water partition coefficient (Wildman–Crippen LogP) is 3.66. The number of nitrogens with zero attached hydrogens (tertiary/aromatic N) is 5. The van der Waals surface area contributed by atoms with Gasteiger partial charge in [-0.15, -0.1) is 0 Å². The van der Waals surface area contributed by atoms with E-state index in [2.05, 4.69) is 20.1 Å². The van der Waals surface area contributed by atoms with Crippen LogP contribution in [-0.2, 0) is 13.0 Å². The number of aryl methyl sites for hydroxylation is 1. The fourth-order valence-electron chi connectivity index (χ4n) is 2.30. The van der Waals surface area contributed by atoms with Crippen LogP contribution in [0, 0.1) is 0 Å². The van der Waals surface area contributed by atoms with Crippen LogP contribution in [0.2, 0.25) is 0 Å². The highest BCUT2D eigenvalue weighted by Gasteiger charge is 2.26. The van der Waals surface area contributed by atoms with E-state index in [-0.39, 0.29) is 6.42 Å². The molecule has 0 aliphatic heterocycles. The van der Waals surface area contributed by atoms with Crippen LogP contribution in [0.4, 0.5) is 19.1 Å². The minimum absolute atomic E-state index is 0.182. The van der Waals surface area contributed by atoms with Crippen LogP contribution >= 0.6 is 0 Å². The van der Waals surface area contributed by atoms with E-state index < -0.39 is 12.6 Å². The Kier molecular flexibility index (Phi) is 5.15. The lowest BCUT2D eigenvalue weighted by molar-refractivity contribution is -0.134. The fourth-order valence-corrected chi connectivity index (χ4v) is 2.30. The van der Waals surface area contributed by atoms with Gasteiger partial charge in [0, 0.05) is 37.6 Å². The normalized spacial score (nSPS) is 11.5. The first-order valence-corrected chi connectivity index (χ1v) is 7.87. The summed E-state index contributed by atoms with van der Waals surface area (Å²) in [6.07, 6.45) is -2.19. The molecule has 0 saturated heterocycles. The largest absolute Gasteiger partial charge is 0.389 e. The number of alkyl halides is 3. The van der Waals surface area contributed by atoms with Crippen LogP contribution in [-0.4, -0.2) is 33.3 Å². The number of pyridine rings is 1. The molecule has 0 fully saturated rings. The molecule has 26 heavy (non-hydrogen) atoms. The summed E-state index contributed by atoms with van der Waals surface area (Å²) < 4.78 is 42.4. The average Bonchev–Trinajstić information content (AvgIpc) is 3.09. The molecular weight excluding hydrogens is 347 g/mol. The molecule has 136 valence electrons. The third kappa shape index (κ3) is 4.78. The molecule has 0 bridgehead atoms. The zero-order valence-electron chi connectivity index (χ0n) is 13.9. The van der Waals surface area contributed by atoms with E-state index in [1.54, 1.807) is 30.3 Å². The molecule has 0 aliphatic carbocycles. The zero-order chi connectivity index (χ0) is 18.6. The molecule has 0 aliphatic rings. The number of hydrogen-bond acceptors (Lipinski definition) is 6. The molecule has 0 unspecified atom stereocenters. The van der Waals surface area contributed by atoms with E-state index in [4.69, 9.17) is 4.52 Å². The van der Waals surface area contributed by atoms with E-state index in [0.29, 0.717) is 35.3 Å². The molecule has 0 saturated carbocycles. The van der Waals surface area contributed by atoms with E-state index in [1.807, 2.05) is 12.1 Å². The SMILES string of the molecule is CN(Cc1cc(-c2ccccn2)no1)c1nccc(CCC(F)(F)F)n1. The van der Waals surface area contributed by atoms with E-state index in [1.165, 1.54) is 12.3 Å². The lowest BCUT2D eigenvalue weighted by Crippen LogP contribution is -2.19. The van der Waals surface area contributed by atoms with Gasteiger partial charge < -0.3 is 9.42 Å². The summed E-state index contributed by atoms with van der Waals surface area (Å²) in [7, 11) is 1.73. The molecule has 0 N–H and O–H groups in total. The topological polar surface area (TPSA) is 67.9 Å². The molecule has 6 nitrogen and oxygen atoms in total. The third-order valence-electron chi connectivity index (χ3n) is 3.59. The van der Waals surface area contributed by atoms with Crippen molar-refractivity contribution in [3.8, 4) is 11.4 Å². The maximum atomic E-state index is 12.4. The summed E-state index contributed by atoms with van der Waals surface area (Å²) in [4.78, 5) is 14.2. The van der Waals surface area contributed by atoms with Crippen LogP contribution < -0.4 is 4.90 Å². The maximum absolute atomic E-state index is 12.4. The Morgan fingerprint density at radius 3 is 2.65 bits per heavy atom. The van der Waals surface area contributed by atoms with Gasteiger partial charge in [-0.2, -0.15) is 13.2 Å². The highest BCUT2D eigenvalue weighted by molar-refractivity contribution is 5.53. The Labute approximate surface area is 147 Å². The molecule has 0 radical (unpaired) electrons. The molecule has 0 atom stereocenters.